The third kappa shape index (κ3) is 7.11. The molecule has 6 heteroatoms. The van der Waals surface area contributed by atoms with Gasteiger partial charge < -0.3 is 22.0 Å². The number of para-hydroxylation sites is 1. The Morgan fingerprint density at radius 3 is 2.48 bits per heavy atom. The van der Waals surface area contributed by atoms with Crippen LogP contribution in [0.3, 0.4) is 0 Å². The summed E-state index contributed by atoms with van der Waals surface area (Å²) in [7, 11) is 4.21. The standard InChI is InChI=1S/C19H25N3O2.ClH/c1-16-9-7-12-18(20-16)22(14-8-13-21(2)3)19(23)15-24-17-10-5-4-6-11-17;/h4-7,9-12H,8,13-15H2,1-3H3;1H. The largest absolute Gasteiger partial charge is 1.00 e. The highest BCUT2D eigenvalue weighted by Crippen LogP contribution is 2.14. The van der Waals surface area contributed by atoms with Crippen LogP contribution < -0.4 is 26.9 Å². The molecule has 1 N–H and O–H groups in total. The van der Waals surface area contributed by atoms with Gasteiger partial charge in [0, 0.05) is 18.7 Å². The van der Waals surface area contributed by atoms with Crippen molar-refractivity contribution in [2.24, 2.45) is 0 Å². The second-order valence-electron chi connectivity index (χ2n) is 6.09. The van der Waals surface area contributed by atoms with Crippen molar-refractivity contribution in [3.05, 3.63) is 54.2 Å². The number of carbonyl (C=O) groups excluding carboxylic acids is 1. The molecule has 0 bridgehead atoms. The number of ether oxygens (including phenoxy) is 1. The highest BCUT2D eigenvalue weighted by Gasteiger charge is 2.18. The molecule has 0 saturated carbocycles. The number of amides is 1. The Bertz CT molecular complexity index is 650. The average Bonchev–Trinajstić information content (AvgIpc) is 2.57. The van der Waals surface area contributed by atoms with Gasteiger partial charge in [-0.2, -0.15) is 0 Å². The molecule has 2 rings (SSSR count). The fourth-order valence-electron chi connectivity index (χ4n) is 2.38. The minimum absolute atomic E-state index is 0. The molecule has 136 valence electrons. The van der Waals surface area contributed by atoms with Crippen molar-refractivity contribution >= 4 is 11.7 Å². The molecule has 1 amide bonds. The minimum Gasteiger partial charge on any atom is -1.00 e. The molecule has 0 radical (unpaired) electrons. The number of quaternary nitrogens is 1. The third-order valence-electron chi connectivity index (χ3n) is 3.62. The lowest BCUT2D eigenvalue weighted by Crippen LogP contribution is -3.05. The molecule has 0 aliphatic carbocycles. The van der Waals surface area contributed by atoms with E-state index in [0.717, 1.165) is 18.7 Å². The summed E-state index contributed by atoms with van der Waals surface area (Å²) in [6, 6.07) is 15.1. The van der Waals surface area contributed by atoms with Crippen LogP contribution in [-0.4, -0.2) is 44.7 Å². The lowest BCUT2D eigenvalue weighted by atomic mass is 10.3. The number of rotatable bonds is 8. The van der Waals surface area contributed by atoms with E-state index in [1.165, 1.54) is 4.90 Å². The smallest absolute Gasteiger partial charge is 0.266 e. The Morgan fingerprint density at radius 1 is 1.12 bits per heavy atom. The lowest BCUT2D eigenvalue weighted by Gasteiger charge is -2.22. The van der Waals surface area contributed by atoms with Crippen LogP contribution in [0.25, 0.3) is 0 Å². The van der Waals surface area contributed by atoms with E-state index >= 15 is 0 Å². The Morgan fingerprint density at radius 2 is 1.84 bits per heavy atom. The second kappa shape index (κ2) is 10.7. The normalized spacial score (nSPS) is 10.2. The molecule has 1 aromatic heterocycles. The number of nitrogens with one attached hydrogen (secondary N) is 1. The fourth-order valence-corrected chi connectivity index (χ4v) is 2.38. The number of benzene rings is 1. The van der Waals surface area contributed by atoms with E-state index in [0.29, 0.717) is 18.1 Å². The molecule has 0 aliphatic rings. The number of halogens is 1. The van der Waals surface area contributed by atoms with Gasteiger partial charge in [0.05, 0.1) is 20.6 Å². The SMILES string of the molecule is Cc1cccc(N(CCC[NH+](C)C)C(=O)COc2ccccc2)n1.[Cl-]. The van der Waals surface area contributed by atoms with Gasteiger partial charge in [-0.1, -0.05) is 24.3 Å². The molecular formula is C19H26ClN3O2. The maximum Gasteiger partial charge on any atom is 0.266 e. The molecule has 1 aromatic carbocycles. The summed E-state index contributed by atoms with van der Waals surface area (Å²) in [5.74, 6) is 1.30. The van der Waals surface area contributed by atoms with Crippen molar-refractivity contribution in [1.82, 2.24) is 4.98 Å². The summed E-state index contributed by atoms with van der Waals surface area (Å²) in [6.07, 6.45) is 0.912. The van der Waals surface area contributed by atoms with Gasteiger partial charge in [0.2, 0.25) is 0 Å². The van der Waals surface area contributed by atoms with Crippen molar-refractivity contribution in [2.45, 2.75) is 13.3 Å². The fraction of sp³-hybridized carbons (Fsp3) is 0.368. The molecule has 1 heterocycles. The second-order valence-corrected chi connectivity index (χ2v) is 6.09. The first-order valence-electron chi connectivity index (χ1n) is 8.27. The van der Waals surface area contributed by atoms with Crippen molar-refractivity contribution in [1.29, 1.82) is 0 Å². The molecule has 5 nitrogen and oxygen atoms in total. The van der Waals surface area contributed by atoms with Crippen LogP contribution in [0.5, 0.6) is 5.75 Å². The van der Waals surface area contributed by atoms with E-state index in [9.17, 15) is 4.79 Å². The number of aryl methyl sites for hydroxylation is 1. The minimum atomic E-state index is -0.0780. The maximum atomic E-state index is 12.7. The van der Waals surface area contributed by atoms with Gasteiger partial charge >= 0.3 is 0 Å². The lowest BCUT2D eigenvalue weighted by molar-refractivity contribution is -0.858. The quantitative estimate of drug-likeness (QED) is 0.611. The number of nitrogens with zero attached hydrogens (tertiary/aromatic N) is 2. The molecule has 0 unspecified atom stereocenters. The van der Waals surface area contributed by atoms with E-state index < -0.39 is 0 Å². The molecule has 25 heavy (non-hydrogen) atoms. The van der Waals surface area contributed by atoms with E-state index in [1.807, 2.05) is 55.5 Å². The van der Waals surface area contributed by atoms with Crippen LogP contribution in [0.2, 0.25) is 0 Å². The van der Waals surface area contributed by atoms with E-state index in [1.54, 1.807) is 4.90 Å². The van der Waals surface area contributed by atoms with Crippen LogP contribution in [0.15, 0.2) is 48.5 Å². The van der Waals surface area contributed by atoms with Gasteiger partial charge in [0.1, 0.15) is 11.6 Å². The van der Waals surface area contributed by atoms with Crippen LogP contribution in [-0.2, 0) is 4.79 Å². The van der Waals surface area contributed by atoms with E-state index in [4.69, 9.17) is 4.74 Å². The number of hydrogen-bond donors (Lipinski definition) is 1. The first-order chi connectivity index (χ1) is 11.6. The van der Waals surface area contributed by atoms with Crippen LogP contribution >= 0.6 is 0 Å². The molecule has 0 aliphatic heterocycles. The molecule has 2 aromatic rings. The molecule has 0 saturated heterocycles. The summed E-state index contributed by atoms with van der Waals surface area (Å²) in [5, 5.41) is 0. The van der Waals surface area contributed by atoms with Crippen LogP contribution in [0.1, 0.15) is 12.1 Å². The molecule has 0 spiro atoms. The molecule has 0 fully saturated rings. The Balaban J connectivity index is 0.00000312. The summed E-state index contributed by atoms with van der Waals surface area (Å²) in [6.45, 7) is 3.57. The van der Waals surface area contributed by atoms with Gasteiger partial charge in [0.25, 0.3) is 5.91 Å². The van der Waals surface area contributed by atoms with Gasteiger partial charge in [-0.25, -0.2) is 4.98 Å². The Hall–Kier alpha value is -2.11. The van der Waals surface area contributed by atoms with Crippen molar-refractivity contribution < 1.29 is 26.8 Å². The first kappa shape index (κ1) is 20.9. The predicted octanol–water partition coefficient (Wildman–Crippen LogP) is -1.66. The third-order valence-corrected chi connectivity index (χ3v) is 3.62. The summed E-state index contributed by atoms with van der Waals surface area (Å²) >= 11 is 0. The zero-order valence-electron chi connectivity index (χ0n) is 15.0. The number of pyridine rings is 1. The topological polar surface area (TPSA) is 46.9 Å². The number of aromatic nitrogens is 1. The summed E-state index contributed by atoms with van der Waals surface area (Å²) < 4.78 is 5.60. The average molecular weight is 364 g/mol. The highest BCUT2D eigenvalue weighted by atomic mass is 35.5. The van der Waals surface area contributed by atoms with Crippen molar-refractivity contribution in [3.63, 3.8) is 0 Å². The number of carbonyl (C=O) groups is 1. The van der Waals surface area contributed by atoms with Crippen molar-refractivity contribution in [2.75, 3.05) is 38.7 Å². The summed E-state index contributed by atoms with van der Waals surface area (Å²) in [5.41, 5.74) is 0.896. The monoisotopic (exact) mass is 363 g/mol. The molecule has 0 atom stereocenters. The van der Waals surface area contributed by atoms with Crippen LogP contribution in [0.4, 0.5) is 5.82 Å². The van der Waals surface area contributed by atoms with Gasteiger partial charge in [-0.15, -0.1) is 0 Å². The Labute approximate surface area is 156 Å². The number of anilines is 1. The maximum absolute atomic E-state index is 12.7. The van der Waals surface area contributed by atoms with E-state index in [-0.39, 0.29) is 24.9 Å². The van der Waals surface area contributed by atoms with Crippen molar-refractivity contribution in [3.8, 4) is 5.75 Å². The highest BCUT2D eigenvalue weighted by molar-refractivity contribution is 5.93. The number of hydrogen-bond acceptors (Lipinski definition) is 3. The zero-order chi connectivity index (χ0) is 17.4. The summed E-state index contributed by atoms with van der Waals surface area (Å²) in [4.78, 5) is 20.2. The van der Waals surface area contributed by atoms with Gasteiger partial charge in [-0.3, -0.25) is 9.69 Å². The van der Waals surface area contributed by atoms with Gasteiger partial charge in [-0.05, 0) is 31.2 Å². The Kier molecular flexibility index (Phi) is 8.95. The van der Waals surface area contributed by atoms with Gasteiger partial charge in [0.15, 0.2) is 6.61 Å². The predicted molar refractivity (Wildman–Crippen MR) is 95.6 cm³/mol. The zero-order valence-corrected chi connectivity index (χ0v) is 15.8. The first-order valence-corrected chi connectivity index (χ1v) is 8.27. The van der Waals surface area contributed by atoms with Crippen LogP contribution in [0, 0.1) is 6.92 Å². The molecular weight excluding hydrogens is 338 g/mol. The van der Waals surface area contributed by atoms with E-state index in [2.05, 4.69) is 19.1 Å².